The molecule has 25 heavy (non-hydrogen) atoms. The Balaban J connectivity index is 1.56. The Kier molecular flexibility index (Phi) is 6.03. The number of carbonyl (C=O) groups excluding carboxylic acids is 1. The van der Waals surface area contributed by atoms with Crippen LogP contribution in [0, 0.1) is 0 Å². The van der Waals surface area contributed by atoms with Crippen LogP contribution in [0.2, 0.25) is 10.0 Å². The zero-order valence-electron chi connectivity index (χ0n) is 14.4. The van der Waals surface area contributed by atoms with Crippen LogP contribution in [0.5, 0.6) is 0 Å². The first kappa shape index (κ1) is 18.3. The van der Waals surface area contributed by atoms with Crippen LogP contribution in [0.25, 0.3) is 0 Å². The van der Waals surface area contributed by atoms with Crippen LogP contribution in [0.15, 0.2) is 36.4 Å². The number of carbonyl (C=O) groups is 1. The van der Waals surface area contributed by atoms with Gasteiger partial charge in [-0.1, -0.05) is 47.5 Å². The molecule has 2 aromatic carbocycles. The van der Waals surface area contributed by atoms with Gasteiger partial charge in [0.15, 0.2) is 0 Å². The number of fused-ring (bicyclic) bond motifs is 1. The van der Waals surface area contributed by atoms with Crippen molar-refractivity contribution in [1.29, 1.82) is 0 Å². The van der Waals surface area contributed by atoms with E-state index in [1.807, 2.05) is 19.1 Å². The molecule has 2 nitrogen and oxygen atoms in total. The summed E-state index contributed by atoms with van der Waals surface area (Å²) in [5.41, 5.74) is 5.11. The fraction of sp³-hybridized carbons (Fsp3) is 0.381. The predicted molar refractivity (Wildman–Crippen MR) is 104 cm³/mol. The van der Waals surface area contributed by atoms with E-state index in [1.54, 1.807) is 6.07 Å². The maximum absolute atomic E-state index is 12.3. The third-order valence-corrected chi connectivity index (χ3v) is 5.61. The monoisotopic (exact) mass is 375 g/mol. The van der Waals surface area contributed by atoms with Gasteiger partial charge in [0.1, 0.15) is 0 Å². The summed E-state index contributed by atoms with van der Waals surface area (Å²) in [7, 11) is 0. The molecule has 2 aromatic rings. The third kappa shape index (κ3) is 4.77. The quantitative estimate of drug-likeness (QED) is 0.714. The zero-order chi connectivity index (χ0) is 17.8. The smallest absolute Gasteiger partial charge is 0.220 e. The average Bonchev–Trinajstić information content (AvgIpc) is 2.62. The van der Waals surface area contributed by atoms with E-state index in [9.17, 15) is 4.79 Å². The minimum absolute atomic E-state index is 0.0218. The van der Waals surface area contributed by atoms with Gasteiger partial charge in [0.25, 0.3) is 0 Å². The molecular weight excluding hydrogens is 353 g/mol. The summed E-state index contributed by atoms with van der Waals surface area (Å²) in [4.78, 5) is 12.3. The van der Waals surface area contributed by atoms with Gasteiger partial charge in [0.05, 0.1) is 16.1 Å². The molecule has 0 saturated heterocycles. The molecule has 4 heteroatoms. The van der Waals surface area contributed by atoms with E-state index in [0.29, 0.717) is 22.9 Å². The van der Waals surface area contributed by atoms with Gasteiger partial charge in [-0.2, -0.15) is 0 Å². The van der Waals surface area contributed by atoms with Crippen LogP contribution in [-0.4, -0.2) is 5.91 Å². The van der Waals surface area contributed by atoms with Crippen molar-refractivity contribution < 1.29 is 4.79 Å². The Labute approximate surface area is 159 Å². The molecule has 1 amide bonds. The minimum atomic E-state index is 0.0218. The van der Waals surface area contributed by atoms with Crippen molar-refractivity contribution in [1.82, 2.24) is 5.32 Å². The molecule has 1 aliphatic carbocycles. The van der Waals surface area contributed by atoms with Crippen molar-refractivity contribution in [3.63, 3.8) is 0 Å². The molecule has 0 bridgehead atoms. The predicted octanol–water partition coefficient (Wildman–Crippen LogP) is 5.68. The molecular formula is C21H23Cl2NO. The number of aryl methyl sites for hydroxylation is 3. The maximum Gasteiger partial charge on any atom is 0.220 e. The number of nitrogens with one attached hydrogen (secondary N) is 1. The highest BCUT2D eigenvalue weighted by Crippen LogP contribution is 2.25. The Morgan fingerprint density at radius 1 is 1.04 bits per heavy atom. The van der Waals surface area contributed by atoms with Crippen molar-refractivity contribution in [3.8, 4) is 0 Å². The van der Waals surface area contributed by atoms with Crippen molar-refractivity contribution in [2.45, 2.75) is 51.5 Å². The van der Waals surface area contributed by atoms with E-state index >= 15 is 0 Å². The van der Waals surface area contributed by atoms with Crippen LogP contribution in [-0.2, 0) is 24.1 Å². The molecule has 0 aliphatic heterocycles. The molecule has 3 rings (SSSR count). The Morgan fingerprint density at radius 3 is 2.56 bits per heavy atom. The molecule has 0 heterocycles. The van der Waals surface area contributed by atoms with Gasteiger partial charge in [0.2, 0.25) is 5.91 Å². The molecule has 0 fully saturated rings. The van der Waals surface area contributed by atoms with E-state index < -0.39 is 0 Å². The van der Waals surface area contributed by atoms with Crippen LogP contribution < -0.4 is 5.32 Å². The lowest BCUT2D eigenvalue weighted by Gasteiger charge is -2.20. The van der Waals surface area contributed by atoms with Crippen LogP contribution in [0.3, 0.4) is 0 Å². The normalized spacial score (nSPS) is 14.7. The second-order valence-electron chi connectivity index (χ2n) is 6.77. The minimum Gasteiger partial charge on any atom is -0.350 e. The first-order valence-corrected chi connectivity index (χ1v) is 9.63. The number of rotatable bonds is 5. The number of halogens is 2. The maximum atomic E-state index is 12.3. The van der Waals surface area contributed by atoms with E-state index in [1.165, 1.54) is 36.0 Å². The molecule has 0 aromatic heterocycles. The first-order valence-electron chi connectivity index (χ1n) is 8.88. The second-order valence-corrected chi connectivity index (χ2v) is 7.59. The number of amides is 1. The van der Waals surface area contributed by atoms with Gasteiger partial charge in [0, 0.05) is 6.42 Å². The van der Waals surface area contributed by atoms with Gasteiger partial charge >= 0.3 is 0 Å². The summed E-state index contributed by atoms with van der Waals surface area (Å²) in [6, 6.07) is 12.2. The van der Waals surface area contributed by atoms with Gasteiger partial charge < -0.3 is 5.32 Å². The summed E-state index contributed by atoms with van der Waals surface area (Å²) >= 11 is 11.9. The largest absolute Gasteiger partial charge is 0.350 e. The first-order chi connectivity index (χ1) is 12.0. The lowest BCUT2D eigenvalue weighted by molar-refractivity contribution is -0.121. The van der Waals surface area contributed by atoms with E-state index in [2.05, 4.69) is 23.5 Å². The zero-order valence-corrected chi connectivity index (χ0v) is 16.0. The molecule has 1 unspecified atom stereocenters. The average molecular weight is 376 g/mol. The van der Waals surface area contributed by atoms with E-state index in [4.69, 9.17) is 23.2 Å². The highest BCUT2D eigenvalue weighted by molar-refractivity contribution is 6.42. The summed E-state index contributed by atoms with van der Waals surface area (Å²) in [5, 5.41) is 4.17. The SMILES string of the molecule is CC(NC(=O)CCc1ccc(Cl)c(Cl)c1)c1ccc2c(c1)CCCC2. The summed E-state index contributed by atoms with van der Waals surface area (Å²) in [5.74, 6) is 0.0521. The van der Waals surface area contributed by atoms with Gasteiger partial charge in [-0.25, -0.2) is 0 Å². The molecule has 1 N–H and O–H groups in total. The Bertz CT molecular complexity index is 772. The van der Waals surface area contributed by atoms with Crippen LogP contribution >= 0.6 is 23.2 Å². The summed E-state index contributed by atoms with van der Waals surface area (Å²) in [6.45, 7) is 2.04. The second kappa shape index (κ2) is 8.25. The van der Waals surface area contributed by atoms with E-state index in [-0.39, 0.29) is 11.9 Å². The van der Waals surface area contributed by atoms with Crippen molar-refractivity contribution in [3.05, 3.63) is 68.7 Å². The van der Waals surface area contributed by atoms with Crippen molar-refractivity contribution >= 4 is 29.1 Å². The van der Waals surface area contributed by atoms with Gasteiger partial charge in [-0.05, 0) is 73.4 Å². The number of hydrogen-bond acceptors (Lipinski definition) is 1. The van der Waals surface area contributed by atoms with Gasteiger partial charge in [-0.3, -0.25) is 4.79 Å². The molecule has 1 atom stereocenters. The Morgan fingerprint density at radius 2 is 1.80 bits per heavy atom. The van der Waals surface area contributed by atoms with Crippen LogP contribution in [0.1, 0.15) is 54.5 Å². The third-order valence-electron chi connectivity index (χ3n) is 4.87. The molecule has 0 spiro atoms. The lowest BCUT2D eigenvalue weighted by atomic mass is 9.89. The molecule has 0 saturated carbocycles. The molecule has 1 aliphatic rings. The van der Waals surface area contributed by atoms with Crippen molar-refractivity contribution in [2.24, 2.45) is 0 Å². The number of benzene rings is 2. The number of hydrogen-bond donors (Lipinski definition) is 1. The summed E-state index contributed by atoms with van der Waals surface area (Å²) in [6.07, 6.45) is 5.97. The van der Waals surface area contributed by atoms with E-state index in [0.717, 1.165) is 12.0 Å². The van der Waals surface area contributed by atoms with Gasteiger partial charge in [-0.15, -0.1) is 0 Å². The molecule has 132 valence electrons. The summed E-state index contributed by atoms with van der Waals surface area (Å²) < 4.78 is 0. The fourth-order valence-corrected chi connectivity index (χ4v) is 3.69. The molecule has 0 radical (unpaired) electrons. The van der Waals surface area contributed by atoms with Crippen molar-refractivity contribution in [2.75, 3.05) is 0 Å². The Hall–Kier alpha value is -1.51. The standard InChI is InChI=1S/C21H23Cl2NO/c1-14(17-9-8-16-4-2-3-5-18(16)13-17)24-21(25)11-7-15-6-10-19(22)20(23)12-15/h6,8-10,12-14H,2-5,7,11H2,1H3,(H,24,25). The topological polar surface area (TPSA) is 29.1 Å². The fourth-order valence-electron chi connectivity index (χ4n) is 3.37. The lowest BCUT2D eigenvalue weighted by Crippen LogP contribution is -2.27. The van der Waals surface area contributed by atoms with Crippen LogP contribution in [0.4, 0.5) is 0 Å². The highest BCUT2D eigenvalue weighted by Gasteiger charge is 2.14. The highest BCUT2D eigenvalue weighted by atomic mass is 35.5.